The lowest BCUT2D eigenvalue weighted by Crippen LogP contribution is -2.43. The van der Waals surface area contributed by atoms with Crippen LogP contribution in [-0.2, 0) is 13.0 Å². The quantitative estimate of drug-likeness (QED) is 0.634. The van der Waals surface area contributed by atoms with Crippen LogP contribution >= 0.6 is 11.3 Å². The lowest BCUT2D eigenvalue weighted by molar-refractivity contribution is 0.623. The van der Waals surface area contributed by atoms with Crippen LogP contribution in [0.4, 0.5) is 0 Å². The van der Waals surface area contributed by atoms with Crippen molar-refractivity contribution in [2.24, 2.45) is 4.99 Å². The van der Waals surface area contributed by atoms with Crippen LogP contribution in [0, 0.1) is 6.92 Å². The average Bonchev–Trinajstić information content (AvgIpc) is 3.09. The molecule has 0 radical (unpaired) electrons. The molecule has 21 heavy (non-hydrogen) atoms. The van der Waals surface area contributed by atoms with Gasteiger partial charge < -0.3 is 15.2 Å². The van der Waals surface area contributed by atoms with Crippen molar-refractivity contribution < 1.29 is 0 Å². The smallest absolute Gasteiger partial charge is 0.191 e. The van der Waals surface area contributed by atoms with Gasteiger partial charge >= 0.3 is 0 Å². The largest absolute Gasteiger partial charge is 0.355 e. The molecule has 0 fully saturated rings. The summed E-state index contributed by atoms with van der Waals surface area (Å²) in [6, 6.07) is 4.72. The average molecular weight is 305 g/mol. The van der Waals surface area contributed by atoms with Crippen LogP contribution in [0.5, 0.6) is 0 Å². The normalized spacial score (nSPS) is 13.2. The number of nitrogens with zero attached hydrogens (tertiary/aromatic N) is 3. The van der Waals surface area contributed by atoms with Crippen LogP contribution in [0.3, 0.4) is 0 Å². The van der Waals surface area contributed by atoms with Crippen molar-refractivity contribution in [3.05, 3.63) is 40.6 Å². The second-order valence-electron chi connectivity index (χ2n) is 5.06. The maximum atomic E-state index is 4.27. The summed E-state index contributed by atoms with van der Waals surface area (Å²) in [6.07, 6.45) is 6.58. The zero-order chi connectivity index (χ0) is 15.1. The van der Waals surface area contributed by atoms with Crippen LogP contribution < -0.4 is 10.6 Å². The van der Waals surface area contributed by atoms with Gasteiger partial charge in [0.25, 0.3) is 0 Å². The summed E-state index contributed by atoms with van der Waals surface area (Å²) in [4.78, 5) is 11.1. The van der Waals surface area contributed by atoms with Gasteiger partial charge in [0, 0.05) is 54.7 Å². The topological polar surface area (TPSA) is 54.2 Å². The van der Waals surface area contributed by atoms with Crippen molar-refractivity contribution >= 4 is 17.3 Å². The molecule has 0 spiro atoms. The van der Waals surface area contributed by atoms with Gasteiger partial charge in [0.05, 0.1) is 6.33 Å². The molecule has 2 rings (SSSR count). The Morgan fingerprint density at radius 1 is 1.48 bits per heavy atom. The highest BCUT2D eigenvalue weighted by molar-refractivity contribution is 7.11. The van der Waals surface area contributed by atoms with E-state index in [1.165, 1.54) is 9.75 Å². The molecule has 1 unspecified atom stereocenters. The Kier molecular flexibility index (Phi) is 5.80. The summed E-state index contributed by atoms with van der Waals surface area (Å²) in [5.41, 5.74) is 0. The van der Waals surface area contributed by atoms with E-state index in [0.717, 1.165) is 25.5 Å². The molecule has 2 N–H and O–H groups in total. The molecule has 0 aliphatic rings. The lowest BCUT2D eigenvalue weighted by Gasteiger charge is -2.17. The number of aryl methyl sites for hydroxylation is 1. The third-order valence-corrected chi connectivity index (χ3v) is 4.15. The maximum Gasteiger partial charge on any atom is 0.191 e. The van der Waals surface area contributed by atoms with Crippen LogP contribution in [-0.4, -0.2) is 35.1 Å². The zero-order valence-electron chi connectivity index (χ0n) is 12.8. The van der Waals surface area contributed by atoms with Crippen LogP contribution in [0.15, 0.2) is 35.8 Å². The number of hydrogen-bond acceptors (Lipinski definition) is 3. The van der Waals surface area contributed by atoms with E-state index in [2.05, 4.69) is 46.6 Å². The number of imidazole rings is 1. The van der Waals surface area contributed by atoms with E-state index >= 15 is 0 Å². The first-order valence-corrected chi connectivity index (χ1v) is 7.97. The molecule has 1 atom stereocenters. The van der Waals surface area contributed by atoms with E-state index in [-0.39, 0.29) is 0 Å². The predicted octanol–water partition coefficient (Wildman–Crippen LogP) is 2.05. The van der Waals surface area contributed by atoms with Crippen LogP contribution in [0.2, 0.25) is 0 Å². The highest BCUT2D eigenvalue weighted by atomic mass is 32.1. The molecule has 0 bridgehead atoms. The molecular formula is C15H23N5S. The van der Waals surface area contributed by atoms with Gasteiger partial charge in [-0.1, -0.05) is 0 Å². The number of aliphatic imine (C=N–C) groups is 1. The number of rotatable bonds is 6. The number of hydrogen-bond donors (Lipinski definition) is 2. The molecule has 0 aliphatic carbocycles. The minimum absolute atomic E-state index is 0.350. The van der Waals surface area contributed by atoms with Gasteiger partial charge in [0.1, 0.15) is 0 Å². The van der Waals surface area contributed by atoms with Crippen LogP contribution in [0.1, 0.15) is 16.7 Å². The molecule has 0 saturated carbocycles. The number of aromatic nitrogens is 2. The van der Waals surface area contributed by atoms with Crippen molar-refractivity contribution in [3.8, 4) is 0 Å². The zero-order valence-corrected chi connectivity index (χ0v) is 13.7. The first-order chi connectivity index (χ1) is 10.2. The monoisotopic (exact) mass is 305 g/mol. The van der Waals surface area contributed by atoms with Gasteiger partial charge in [-0.3, -0.25) is 4.99 Å². The molecule has 0 aromatic carbocycles. The Morgan fingerprint density at radius 2 is 2.33 bits per heavy atom. The number of thiophene rings is 1. The molecule has 2 aromatic rings. The second-order valence-corrected chi connectivity index (χ2v) is 6.43. The summed E-state index contributed by atoms with van der Waals surface area (Å²) in [7, 11) is 1.80. The molecule has 2 heterocycles. The summed E-state index contributed by atoms with van der Waals surface area (Å²) >= 11 is 1.86. The van der Waals surface area contributed by atoms with Crippen molar-refractivity contribution in [2.45, 2.75) is 32.9 Å². The molecule has 0 amide bonds. The van der Waals surface area contributed by atoms with Crippen molar-refractivity contribution in [1.82, 2.24) is 20.2 Å². The highest BCUT2D eigenvalue weighted by Crippen LogP contribution is 2.16. The lowest BCUT2D eigenvalue weighted by atomic mass is 10.2. The van der Waals surface area contributed by atoms with Crippen LogP contribution in [0.25, 0.3) is 0 Å². The van der Waals surface area contributed by atoms with Gasteiger partial charge in [0.15, 0.2) is 5.96 Å². The molecule has 0 aliphatic heterocycles. The summed E-state index contributed by atoms with van der Waals surface area (Å²) < 4.78 is 2.04. The van der Waals surface area contributed by atoms with E-state index in [0.29, 0.717) is 6.04 Å². The summed E-state index contributed by atoms with van der Waals surface area (Å²) in [6.45, 7) is 6.01. The third kappa shape index (κ3) is 5.23. The van der Waals surface area contributed by atoms with E-state index in [9.17, 15) is 0 Å². The standard InChI is InChI=1S/C15H23N5S/c1-12(10-14-5-4-13(2)21-14)19-15(16-3)18-7-9-20-8-6-17-11-20/h4-6,8,11-12H,7,9-10H2,1-3H3,(H2,16,18,19). The Bertz CT molecular complexity index is 558. The molecule has 5 nitrogen and oxygen atoms in total. The van der Waals surface area contributed by atoms with E-state index < -0.39 is 0 Å². The van der Waals surface area contributed by atoms with Gasteiger partial charge in [-0.05, 0) is 26.0 Å². The van der Waals surface area contributed by atoms with Gasteiger partial charge in [-0.15, -0.1) is 11.3 Å². The fraction of sp³-hybridized carbons (Fsp3) is 0.467. The summed E-state index contributed by atoms with van der Waals surface area (Å²) in [5, 5.41) is 6.75. The van der Waals surface area contributed by atoms with Crippen molar-refractivity contribution in [2.75, 3.05) is 13.6 Å². The minimum atomic E-state index is 0.350. The number of guanidine groups is 1. The van der Waals surface area contributed by atoms with E-state index in [1.54, 1.807) is 13.2 Å². The first kappa shape index (κ1) is 15.6. The maximum absolute atomic E-state index is 4.27. The molecule has 114 valence electrons. The minimum Gasteiger partial charge on any atom is -0.355 e. The van der Waals surface area contributed by atoms with Crippen molar-refractivity contribution in [3.63, 3.8) is 0 Å². The predicted molar refractivity (Wildman–Crippen MR) is 88.9 cm³/mol. The van der Waals surface area contributed by atoms with Gasteiger partial charge in [0.2, 0.25) is 0 Å². The Labute approximate surface area is 130 Å². The Balaban J connectivity index is 1.73. The van der Waals surface area contributed by atoms with E-state index in [4.69, 9.17) is 0 Å². The Morgan fingerprint density at radius 3 is 2.95 bits per heavy atom. The van der Waals surface area contributed by atoms with E-state index in [1.807, 2.05) is 28.4 Å². The molecular weight excluding hydrogens is 282 g/mol. The fourth-order valence-corrected chi connectivity index (χ4v) is 3.12. The SMILES string of the molecule is CN=C(NCCn1ccnc1)NC(C)Cc1ccc(C)s1. The Hall–Kier alpha value is -1.82. The van der Waals surface area contributed by atoms with Crippen molar-refractivity contribution in [1.29, 1.82) is 0 Å². The molecule has 6 heteroatoms. The molecule has 2 aromatic heterocycles. The highest BCUT2D eigenvalue weighted by Gasteiger charge is 2.07. The summed E-state index contributed by atoms with van der Waals surface area (Å²) in [5.74, 6) is 0.843. The first-order valence-electron chi connectivity index (χ1n) is 7.15. The van der Waals surface area contributed by atoms with Gasteiger partial charge in [-0.2, -0.15) is 0 Å². The fourth-order valence-electron chi connectivity index (χ4n) is 2.10. The number of nitrogens with one attached hydrogen (secondary N) is 2. The van der Waals surface area contributed by atoms with Gasteiger partial charge in [-0.25, -0.2) is 4.98 Å². The molecule has 0 saturated heterocycles. The third-order valence-electron chi connectivity index (χ3n) is 3.13. The second kappa shape index (κ2) is 7.83.